The molecule has 0 fully saturated rings. The third-order valence-corrected chi connectivity index (χ3v) is 1.34. The summed E-state index contributed by atoms with van der Waals surface area (Å²) in [5, 5.41) is 12.2. The summed E-state index contributed by atoms with van der Waals surface area (Å²) in [4.78, 5) is 0. The maximum Gasteiger partial charge on any atom is 0.110 e. The van der Waals surface area contributed by atoms with E-state index in [1.807, 2.05) is 0 Å². The van der Waals surface area contributed by atoms with Crippen molar-refractivity contribution < 1.29 is 5.11 Å². The van der Waals surface area contributed by atoms with Gasteiger partial charge in [0.1, 0.15) is 5.72 Å². The first-order valence-electron chi connectivity index (χ1n) is 4.03. The van der Waals surface area contributed by atoms with Gasteiger partial charge in [0.25, 0.3) is 0 Å². The summed E-state index contributed by atoms with van der Waals surface area (Å²) in [5.41, 5.74) is -0.701. The van der Waals surface area contributed by atoms with E-state index in [1.54, 1.807) is 13.8 Å². The first-order valence-corrected chi connectivity index (χ1v) is 4.03. The Hall–Kier alpha value is -0.0800. The average Bonchev–Trinajstić information content (AvgIpc) is 1.78. The molecule has 0 aliphatic rings. The molecular weight excluding hydrogens is 126 g/mol. The van der Waals surface area contributed by atoms with Gasteiger partial charge in [-0.2, -0.15) is 0 Å². The molecule has 0 aliphatic heterocycles. The van der Waals surface area contributed by atoms with Crippen LogP contribution in [0.3, 0.4) is 0 Å². The molecule has 0 unspecified atom stereocenters. The molecule has 0 atom stereocenters. The smallest absolute Gasteiger partial charge is 0.110 e. The minimum Gasteiger partial charge on any atom is -0.376 e. The van der Waals surface area contributed by atoms with Crippen LogP contribution in [0.4, 0.5) is 0 Å². The average molecular weight is 145 g/mol. The zero-order chi connectivity index (χ0) is 8.04. The molecule has 0 aromatic rings. The van der Waals surface area contributed by atoms with Crippen LogP contribution in [-0.4, -0.2) is 17.4 Å². The van der Waals surface area contributed by atoms with Crippen molar-refractivity contribution in [3.8, 4) is 0 Å². The van der Waals surface area contributed by atoms with Crippen LogP contribution in [0.1, 0.15) is 40.0 Å². The van der Waals surface area contributed by atoms with Gasteiger partial charge in [0.2, 0.25) is 0 Å². The fraction of sp³-hybridized carbons (Fsp3) is 1.00. The summed E-state index contributed by atoms with van der Waals surface area (Å²) in [5.74, 6) is 0. The fourth-order valence-electron chi connectivity index (χ4n) is 0.769. The predicted octanol–water partition coefficient (Wildman–Crippen LogP) is 1.49. The molecular formula is C8H19NO. The van der Waals surface area contributed by atoms with Gasteiger partial charge < -0.3 is 5.11 Å². The van der Waals surface area contributed by atoms with E-state index in [0.717, 1.165) is 13.0 Å². The number of aliphatic hydroxyl groups is 1. The lowest BCUT2D eigenvalue weighted by Crippen LogP contribution is -2.39. The maximum absolute atomic E-state index is 9.21. The number of nitrogens with one attached hydrogen (secondary N) is 1. The Balaban J connectivity index is 3.04. The number of hydrogen-bond donors (Lipinski definition) is 2. The Labute approximate surface area is 63.6 Å². The van der Waals surface area contributed by atoms with Gasteiger partial charge in [-0.3, -0.25) is 5.32 Å². The summed E-state index contributed by atoms with van der Waals surface area (Å²) < 4.78 is 0. The SMILES string of the molecule is CCCCCNC(C)(C)O. The van der Waals surface area contributed by atoms with E-state index in [1.165, 1.54) is 12.8 Å². The van der Waals surface area contributed by atoms with Gasteiger partial charge in [-0.15, -0.1) is 0 Å². The van der Waals surface area contributed by atoms with Crippen LogP contribution in [-0.2, 0) is 0 Å². The van der Waals surface area contributed by atoms with E-state index in [0.29, 0.717) is 0 Å². The molecule has 0 saturated heterocycles. The van der Waals surface area contributed by atoms with E-state index in [9.17, 15) is 5.11 Å². The molecule has 0 amide bonds. The van der Waals surface area contributed by atoms with Crippen LogP contribution in [0.15, 0.2) is 0 Å². The van der Waals surface area contributed by atoms with Crippen LogP contribution in [0.25, 0.3) is 0 Å². The van der Waals surface area contributed by atoms with Crippen molar-refractivity contribution >= 4 is 0 Å². The molecule has 0 radical (unpaired) electrons. The van der Waals surface area contributed by atoms with Crippen molar-refractivity contribution in [3.63, 3.8) is 0 Å². The van der Waals surface area contributed by atoms with Gasteiger partial charge in [0.05, 0.1) is 0 Å². The standard InChI is InChI=1S/C8H19NO/c1-4-5-6-7-9-8(2,3)10/h9-10H,4-7H2,1-3H3. The zero-order valence-electron chi connectivity index (χ0n) is 7.28. The van der Waals surface area contributed by atoms with Gasteiger partial charge in [-0.1, -0.05) is 19.8 Å². The van der Waals surface area contributed by atoms with Crippen LogP contribution in [0.5, 0.6) is 0 Å². The van der Waals surface area contributed by atoms with Crippen molar-refractivity contribution in [1.82, 2.24) is 5.32 Å². The van der Waals surface area contributed by atoms with E-state index >= 15 is 0 Å². The van der Waals surface area contributed by atoms with Crippen LogP contribution in [0, 0.1) is 0 Å². The van der Waals surface area contributed by atoms with Crippen LogP contribution < -0.4 is 5.32 Å². The highest BCUT2D eigenvalue weighted by molar-refractivity contribution is 4.60. The Bertz CT molecular complexity index is 75.8. The number of unbranched alkanes of at least 4 members (excludes halogenated alkanes) is 2. The van der Waals surface area contributed by atoms with Crippen LogP contribution in [0.2, 0.25) is 0 Å². The Morgan fingerprint density at radius 3 is 2.30 bits per heavy atom. The van der Waals surface area contributed by atoms with Gasteiger partial charge in [0.15, 0.2) is 0 Å². The molecule has 0 aliphatic carbocycles. The highest BCUT2D eigenvalue weighted by atomic mass is 16.3. The van der Waals surface area contributed by atoms with Gasteiger partial charge >= 0.3 is 0 Å². The molecule has 0 bridgehead atoms. The van der Waals surface area contributed by atoms with E-state index in [-0.39, 0.29) is 0 Å². The summed E-state index contributed by atoms with van der Waals surface area (Å²) in [6.45, 7) is 6.61. The molecule has 0 saturated carbocycles. The minimum atomic E-state index is -0.701. The molecule has 0 aromatic carbocycles. The second-order valence-corrected chi connectivity index (χ2v) is 3.19. The van der Waals surface area contributed by atoms with E-state index < -0.39 is 5.72 Å². The van der Waals surface area contributed by atoms with Crippen molar-refractivity contribution in [1.29, 1.82) is 0 Å². The van der Waals surface area contributed by atoms with Crippen molar-refractivity contribution in [2.24, 2.45) is 0 Å². The van der Waals surface area contributed by atoms with Crippen molar-refractivity contribution in [2.75, 3.05) is 6.54 Å². The Morgan fingerprint density at radius 2 is 1.90 bits per heavy atom. The first kappa shape index (κ1) is 9.92. The lowest BCUT2D eigenvalue weighted by atomic mass is 10.2. The monoisotopic (exact) mass is 145 g/mol. The molecule has 10 heavy (non-hydrogen) atoms. The summed E-state index contributed by atoms with van der Waals surface area (Å²) in [7, 11) is 0. The van der Waals surface area contributed by atoms with Crippen molar-refractivity contribution in [2.45, 2.75) is 45.8 Å². The second-order valence-electron chi connectivity index (χ2n) is 3.19. The highest BCUT2D eigenvalue weighted by Crippen LogP contribution is 1.96. The summed E-state index contributed by atoms with van der Waals surface area (Å²) in [6, 6.07) is 0. The van der Waals surface area contributed by atoms with Crippen LogP contribution >= 0.6 is 0 Å². The number of rotatable bonds is 5. The van der Waals surface area contributed by atoms with Gasteiger partial charge in [-0.25, -0.2) is 0 Å². The molecule has 0 rings (SSSR count). The van der Waals surface area contributed by atoms with Gasteiger partial charge in [0, 0.05) is 0 Å². The highest BCUT2D eigenvalue weighted by Gasteiger charge is 2.08. The normalized spacial score (nSPS) is 12.0. The lowest BCUT2D eigenvalue weighted by Gasteiger charge is -2.18. The molecule has 2 heteroatoms. The lowest BCUT2D eigenvalue weighted by molar-refractivity contribution is 0.0436. The Kier molecular flexibility index (Phi) is 4.65. The van der Waals surface area contributed by atoms with Gasteiger partial charge in [-0.05, 0) is 26.8 Å². The Morgan fingerprint density at radius 1 is 1.30 bits per heavy atom. The van der Waals surface area contributed by atoms with Crippen molar-refractivity contribution in [3.05, 3.63) is 0 Å². The second kappa shape index (κ2) is 4.69. The summed E-state index contributed by atoms with van der Waals surface area (Å²) in [6.07, 6.45) is 3.62. The maximum atomic E-state index is 9.21. The third-order valence-electron chi connectivity index (χ3n) is 1.34. The first-order chi connectivity index (χ1) is 4.56. The molecule has 2 N–H and O–H groups in total. The molecule has 2 nitrogen and oxygen atoms in total. The third kappa shape index (κ3) is 7.92. The molecule has 0 aromatic heterocycles. The molecule has 62 valence electrons. The number of hydrogen-bond acceptors (Lipinski definition) is 2. The fourth-order valence-corrected chi connectivity index (χ4v) is 0.769. The zero-order valence-corrected chi connectivity index (χ0v) is 7.28. The largest absolute Gasteiger partial charge is 0.376 e. The predicted molar refractivity (Wildman–Crippen MR) is 43.8 cm³/mol. The summed E-state index contributed by atoms with van der Waals surface area (Å²) >= 11 is 0. The molecule has 0 spiro atoms. The topological polar surface area (TPSA) is 32.3 Å². The quantitative estimate of drug-likeness (QED) is 0.454. The van der Waals surface area contributed by atoms with E-state index in [4.69, 9.17) is 0 Å². The minimum absolute atomic E-state index is 0.701. The molecule has 0 heterocycles. The van der Waals surface area contributed by atoms with E-state index in [2.05, 4.69) is 12.2 Å².